The zero-order valence-corrected chi connectivity index (χ0v) is 16.5. The van der Waals surface area contributed by atoms with Gasteiger partial charge in [0.05, 0.1) is 23.0 Å². The normalized spacial score (nSPS) is 18.1. The van der Waals surface area contributed by atoms with Crippen molar-refractivity contribution in [2.45, 2.75) is 58.9 Å². The first-order chi connectivity index (χ1) is 13.1. The van der Waals surface area contributed by atoms with E-state index in [-0.39, 0.29) is 0 Å². The summed E-state index contributed by atoms with van der Waals surface area (Å²) >= 11 is 0. The number of nitrogens with zero attached hydrogens (tertiary/aromatic N) is 2. The van der Waals surface area contributed by atoms with Crippen LogP contribution in [0.1, 0.15) is 59.9 Å². The molecule has 1 saturated carbocycles. The maximum atomic E-state index is 5.31. The zero-order chi connectivity index (χ0) is 18.5. The molecule has 2 aliphatic carbocycles. The second-order valence-electron chi connectivity index (χ2n) is 8.31. The van der Waals surface area contributed by atoms with Gasteiger partial charge in [-0.3, -0.25) is 4.99 Å². The molecular formula is C25H26N2. The minimum atomic E-state index is 0.460. The molecule has 0 spiro atoms. The zero-order valence-electron chi connectivity index (χ0n) is 16.5. The fourth-order valence-electron chi connectivity index (χ4n) is 4.86. The lowest BCUT2D eigenvalue weighted by Crippen LogP contribution is -2.13. The van der Waals surface area contributed by atoms with Crippen molar-refractivity contribution in [1.29, 1.82) is 0 Å². The Morgan fingerprint density at radius 3 is 2.52 bits per heavy atom. The fraction of sp³-hybridized carbons (Fsp3) is 0.360. The molecule has 0 atom stereocenters. The molecular weight excluding hydrogens is 328 g/mol. The minimum absolute atomic E-state index is 0.460. The van der Waals surface area contributed by atoms with E-state index in [4.69, 9.17) is 9.98 Å². The van der Waals surface area contributed by atoms with Gasteiger partial charge in [0, 0.05) is 22.1 Å². The van der Waals surface area contributed by atoms with Gasteiger partial charge < -0.3 is 0 Å². The molecule has 0 aliphatic heterocycles. The lowest BCUT2D eigenvalue weighted by Gasteiger charge is -2.19. The van der Waals surface area contributed by atoms with Crippen molar-refractivity contribution in [3.63, 3.8) is 0 Å². The van der Waals surface area contributed by atoms with Gasteiger partial charge in [0.15, 0.2) is 0 Å². The third-order valence-corrected chi connectivity index (χ3v) is 6.16. The van der Waals surface area contributed by atoms with Gasteiger partial charge in [-0.2, -0.15) is 0 Å². The summed E-state index contributed by atoms with van der Waals surface area (Å²) in [6.07, 6.45) is 6.42. The Morgan fingerprint density at radius 2 is 1.70 bits per heavy atom. The Balaban J connectivity index is 1.80. The van der Waals surface area contributed by atoms with Crippen LogP contribution in [0.4, 0.5) is 0 Å². The lowest BCUT2D eigenvalue weighted by atomic mass is 9.95. The van der Waals surface area contributed by atoms with Crippen LogP contribution in [0.2, 0.25) is 0 Å². The molecule has 0 saturated heterocycles. The van der Waals surface area contributed by atoms with Crippen LogP contribution >= 0.6 is 0 Å². The molecule has 0 radical (unpaired) electrons. The quantitative estimate of drug-likeness (QED) is 0.393. The summed E-state index contributed by atoms with van der Waals surface area (Å²) in [5, 5.41) is 1.22. The first-order valence-corrected chi connectivity index (χ1v) is 10.2. The molecule has 0 amide bonds. The molecule has 1 fully saturated rings. The number of fused-ring (bicyclic) bond motifs is 4. The largest absolute Gasteiger partial charge is 0.281 e. The topological polar surface area (TPSA) is 25.2 Å². The molecule has 2 nitrogen and oxygen atoms in total. The van der Waals surface area contributed by atoms with Gasteiger partial charge >= 0.3 is 0 Å². The average Bonchev–Trinajstić information content (AvgIpc) is 2.95. The molecule has 0 unspecified atom stereocenters. The van der Waals surface area contributed by atoms with Crippen LogP contribution < -0.4 is 0 Å². The standard InChI is InChI=1S/C25H26N2/c1-15-12-17(3)22-20(13-15)24(26-19-10-5-4-6-11-19)21-14-18-9-7-8-16(2)23(18)27-25(21)22/h7-9,12-14,19H,4-6,10-11H2,1-3H3. The van der Waals surface area contributed by atoms with E-state index in [9.17, 15) is 0 Å². The van der Waals surface area contributed by atoms with Gasteiger partial charge in [0.25, 0.3) is 0 Å². The van der Waals surface area contributed by atoms with E-state index >= 15 is 0 Å². The van der Waals surface area contributed by atoms with Crippen LogP contribution in [0, 0.1) is 20.8 Å². The number of hydrogen-bond donors (Lipinski definition) is 0. The van der Waals surface area contributed by atoms with Gasteiger partial charge in [-0.15, -0.1) is 0 Å². The highest BCUT2D eigenvalue weighted by Crippen LogP contribution is 2.41. The monoisotopic (exact) mass is 354 g/mol. The summed E-state index contributed by atoms with van der Waals surface area (Å²) in [5.41, 5.74) is 11.1. The Hall–Kier alpha value is -2.48. The Kier molecular flexibility index (Phi) is 3.89. The highest BCUT2D eigenvalue weighted by atomic mass is 14.8. The number of para-hydroxylation sites is 1. The average molecular weight is 354 g/mol. The Morgan fingerprint density at radius 1 is 0.889 bits per heavy atom. The molecule has 3 aromatic rings. The van der Waals surface area contributed by atoms with Crippen molar-refractivity contribution in [3.05, 3.63) is 64.2 Å². The molecule has 136 valence electrons. The van der Waals surface area contributed by atoms with Gasteiger partial charge in [0.2, 0.25) is 0 Å². The summed E-state index contributed by atoms with van der Waals surface area (Å²) < 4.78 is 0. The molecule has 5 rings (SSSR count). The highest BCUT2D eigenvalue weighted by Gasteiger charge is 2.30. The van der Waals surface area contributed by atoms with Gasteiger partial charge in [0.1, 0.15) is 0 Å². The highest BCUT2D eigenvalue weighted by molar-refractivity contribution is 6.25. The van der Waals surface area contributed by atoms with Crippen LogP contribution in [0.25, 0.3) is 22.2 Å². The molecule has 2 aliphatic rings. The molecule has 2 heteroatoms. The van der Waals surface area contributed by atoms with E-state index in [1.807, 2.05) is 0 Å². The third kappa shape index (κ3) is 2.70. The van der Waals surface area contributed by atoms with Crippen LogP contribution in [0.5, 0.6) is 0 Å². The molecule has 0 bridgehead atoms. The van der Waals surface area contributed by atoms with E-state index < -0.39 is 0 Å². The van der Waals surface area contributed by atoms with E-state index in [1.54, 1.807) is 0 Å². The smallest absolute Gasteiger partial charge is 0.0813 e. The number of benzene rings is 2. The lowest BCUT2D eigenvalue weighted by molar-refractivity contribution is 0.444. The van der Waals surface area contributed by atoms with Crippen molar-refractivity contribution in [3.8, 4) is 11.3 Å². The van der Waals surface area contributed by atoms with Crippen LogP contribution in [0.3, 0.4) is 0 Å². The Bertz CT molecular complexity index is 1090. The summed E-state index contributed by atoms with van der Waals surface area (Å²) in [6.45, 7) is 6.54. The second-order valence-corrected chi connectivity index (χ2v) is 8.31. The van der Waals surface area contributed by atoms with Gasteiger partial charge in [-0.05, 0) is 56.9 Å². The van der Waals surface area contributed by atoms with E-state index in [2.05, 4.69) is 57.2 Å². The third-order valence-electron chi connectivity index (χ3n) is 6.16. The SMILES string of the molecule is Cc1cc(C)c2c(c1)C(=NC1CCCCC1)c1cc3cccc(C)c3nc1-2. The minimum Gasteiger partial charge on any atom is -0.281 e. The van der Waals surface area contributed by atoms with Crippen molar-refractivity contribution in [1.82, 2.24) is 4.98 Å². The summed E-state index contributed by atoms with van der Waals surface area (Å²) in [5.74, 6) is 0. The maximum absolute atomic E-state index is 5.31. The predicted octanol–water partition coefficient (Wildman–Crippen LogP) is 6.31. The number of aromatic nitrogens is 1. The molecule has 0 N–H and O–H groups in total. The maximum Gasteiger partial charge on any atom is 0.0813 e. The van der Waals surface area contributed by atoms with E-state index in [0.29, 0.717) is 6.04 Å². The molecule has 27 heavy (non-hydrogen) atoms. The van der Waals surface area contributed by atoms with Gasteiger partial charge in [-0.25, -0.2) is 4.98 Å². The first kappa shape index (κ1) is 16.7. The number of aliphatic imine (C=N–C) groups is 1. The fourth-order valence-corrected chi connectivity index (χ4v) is 4.86. The van der Waals surface area contributed by atoms with Gasteiger partial charge in [-0.1, -0.05) is 49.1 Å². The number of rotatable bonds is 1. The number of aryl methyl sites for hydroxylation is 3. The summed E-state index contributed by atoms with van der Waals surface area (Å²) in [7, 11) is 0. The summed E-state index contributed by atoms with van der Waals surface area (Å²) in [6, 6.07) is 13.8. The van der Waals surface area contributed by atoms with Crippen molar-refractivity contribution >= 4 is 16.6 Å². The van der Waals surface area contributed by atoms with Crippen molar-refractivity contribution in [2.75, 3.05) is 0 Å². The van der Waals surface area contributed by atoms with Crippen LogP contribution in [-0.2, 0) is 0 Å². The molecule has 1 aromatic heterocycles. The van der Waals surface area contributed by atoms with Crippen molar-refractivity contribution < 1.29 is 0 Å². The van der Waals surface area contributed by atoms with Crippen molar-refractivity contribution in [2.24, 2.45) is 4.99 Å². The number of hydrogen-bond acceptors (Lipinski definition) is 2. The summed E-state index contributed by atoms with van der Waals surface area (Å²) in [4.78, 5) is 10.5. The number of pyridine rings is 1. The van der Waals surface area contributed by atoms with E-state index in [1.165, 1.54) is 76.6 Å². The van der Waals surface area contributed by atoms with E-state index in [0.717, 1.165) is 11.2 Å². The second kappa shape index (κ2) is 6.30. The van der Waals surface area contributed by atoms with Crippen LogP contribution in [0.15, 0.2) is 41.4 Å². The first-order valence-electron chi connectivity index (χ1n) is 10.2. The Labute approximate surface area is 161 Å². The predicted molar refractivity (Wildman–Crippen MR) is 114 cm³/mol. The molecule has 2 aromatic carbocycles. The molecule has 1 heterocycles. The van der Waals surface area contributed by atoms with Crippen LogP contribution in [-0.4, -0.2) is 16.7 Å².